The van der Waals surface area contributed by atoms with Crippen molar-refractivity contribution in [1.82, 2.24) is 20.5 Å². The first-order chi connectivity index (χ1) is 27.2. The molecule has 6 aromatic rings. The van der Waals surface area contributed by atoms with Crippen LogP contribution in [0.4, 0.5) is 0 Å². The minimum absolute atomic E-state index is 0.0563. The highest BCUT2D eigenvalue weighted by Crippen LogP contribution is 2.34. The van der Waals surface area contributed by atoms with Crippen LogP contribution in [0.15, 0.2) is 120 Å². The van der Waals surface area contributed by atoms with E-state index in [0.717, 1.165) is 57.9 Å². The SMILES string of the molecule is CN1CCC(COC(=O)C(c2ccccc2)c2cccc(-c3ccc(CNC(=O)c4ccc(CNCC(O)c5ccc(O)c6[nH]c(=O)ccc56)cc4)s3)c2)CC1. The number of hydrogen-bond donors (Lipinski definition) is 5. The third-order valence-corrected chi connectivity index (χ3v) is 11.5. The van der Waals surface area contributed by atoms with E-state index in [4.69, 9.17) is 4.74 Å². The van der Waals surface area contributed by atoms with Crippen molar-refractivity contribution in [2.75, 3.05) is 33.3 Å². The normalized spacial score (nSPS) is 14.7. The zero-order chi connectivity index (χ0) is 39.0. The number of aromatic amines is 1. The molecular formula is C45H46N4O6S. The minimum atomic E-state index is -0.871. The molecule has 5 N–H and O–H groups in total. The van der Waals surface area contributed by atoms with Crippen molar-refractivity contribution >= 4 is 34.1 Å². The number of aliphatic hydroxyl groups excluding tert-OH is 1. The van der Waals surface area contributed by atoms with Crippen molar-refractivity contribution in [1.29, 1.82) is 0 Å². The van der Waals surface area contributed by atoms with Gasteiger partial charge in [0.2, 0.25) is 5.56 Å². The standard InChI is InChI=1S/C45H46N4O6S/c1-49-22-20-30(21-23-49)28-55-45(54)42(31-6-3-2-4-7-31)34-9-5-8-33(24-34)40-18-14-35(56-40)26-47-44(53)32-12-10-29(11-13-32)25-46-27-39(51)36-15-17-38(50)43-37(36)16-19-41(52)48-43/h2-19,24,30,39,42,46,50-51H,20-23,25-28H2,1H3,(H,47,53)(H,48,52). The number of ether oxygens (including phenoxy) is 1. The van der Waals surface area contributed by atoms with Gasteiger partial charge in [-0.25, -0.2) is 0 Å². The number of aromatic nitrogens is 1. The van der Waals surface area contributed by atoms with Gasteiger partial charge in [0.05, 0.1) is 24.8 Å². The molecule has 10 nitrogen and oxygen atoms in total. The molecule has 0 bridgehead atoms. The van der Waals surface area contributed by atoms with E-state index in [1.807, 2.05) is 72.8 Å². The van der Waals surface area contributed by atoms with Crippen LogP contribution in [0, 0.1) is 5.92 Å². The number of rotatable bonds is 14. The number of aliphatic hydroxyl groups is 1. The van der Waals surface area contributed by atoms with Crippen molar-refractivity contribution in [2.45, 2.75) is 38.0 Å². The summed E-state index contributed by atoms with van der Waals surface area (Å²) in [7, 11) is 2.13. The first-order valence-electron chi connectivity index (χ1n) is 18.9. The van der Waals surface area contributed by atoms with Crippen LogP contribution in [0.5, 0.6) is 5.75 Å². The third kappa shape index (κ3) is 9.43. The number of thiophene rings is 1. The van der Waals surface area contributed by atoms with Crippen LogP contribution in [-0.2, 0) is 22.6 Å². The number of piperidine rings is 1. The van der Waals surface area contributed by atoms with E-state index in [1.54, 1.807) is 35.6 Å². The Morgan fingerprint density at radius 1 is 0.893 bits per heavy atom. The molecule has 288 valence electrons. The maximum absolute atomic E-state index is 13.7. The molecule has 0 aliphatic carbocycles. The number of pyridine rings is 1. The minimum Gasteiger partial charge on any atom is -0.506 e. The van der Waals surface area contributed by atoms with Gasteiger partial charge in [-0.15, -0.1) is 11.3 Å². The Balaban J connectivity index is 0.928. The Morgan fingerprint density at radius 3 is 2.45 bits per heavy atom. The molecule has 2 aromatic heterocycles. The smallest absolute Gasteiger partial charge is 0.317 e. The van der Waals surface area contributed by atoms with Crippen LogP contribution < -0.4 is 16.2 Å². The monoisotopic (exact) mass is 770 g/mol. The van der Waals surface area contributed by atoms with Gasteiger partial charge in [-0.3, -0.25) is 14.4 Å². The number of nitrogens with zero attached hydrogens (tertiary/aromatic N) is 1. The Morgan fingerprint density at radius 2 is 1.66 bits per heavy atom. The van der Waals surface area contributed by atoms with Gasteiger partial charge >= 0.3 is 5.97 Å². The van der Waals surface area contributed by atoms with Crippen LogP contribution in [0.1, 0.15) is 62.4 Å². The molecule has 0 radical (unpaired) electrons. The second kappa shape index (κ2) is 17.9. The number of carbonyl (C=O) groups is 2. The second-order valence-electron chi connectivity index (χ2n) is 14.4. The molecule has 1 fully saturated rings. The molecule has 2 unspecified atom stereocenters. The van der Waals surface area contributed by atoms with Gasteiger partial charge < -0.3 is 35.5 Å². The fourth-order valence-corrected chi connectivity index (χ4v) is 8.12. The van der Waals surface area contributed by atoms with E-state index >= 15 is 0 Å². The van der Waals surface area contributed by atoms with Crippen molar-refractivity contribution in [3.05, 3.63) is 158 Å². The summed E-state index contributed by atoms with van der Waals surface area (Å²) in [6.45, 7) is 3.57. The lowest BCUT2D eigenvalue weighted by molar-refractivity contribution is -0.146. The quantitative estimate of drug-likeness (QED) is 0.0768. The van der Waals surface area contributed by atoms with Gasteiger partial charge in [-0.05, 0) is 109 Å². The summed E-state index contributed by atoms with van der Waals surface area (Å²) in [6, 6.07) is 35.3. The molecule has 11 heteroatoms. The molecule has 2 atom stereocenters. The van der Waals surface area contributed by atoms with Crippen LogP contribution in [0.2, 0.25) is 0 Å². The lowest BCUT2D eigenvalue weighted by Crippen LogP contribution is -2.32. The molecule has 0 saturated carbocycles. The fourth-order valence-electron chi connectivity index (χ4n) is 7.18. The number of benzene rings is 4. The Kier molecular flexibility index (Phi) is 12.4. The number of phenols is 1. The Bertz CT molecular complexity index is 2330. The first-order valence-corrected chi connectivity index (χ1v) is 19.7. The summed E-state index contributed by atoms with van der Waals surface area (Å²) >= 11 is 1.60. The Hall–Kier alpha value is -5.59. The number of aromatic hydroxyl groups is 1. The highest BCUT2D eigenvalue weighted by atomic mass is 32.1. The van der Waals surface area contributed by atoms with E-state index in [9.17, 15) is 24.6 Å². The number of phenolic OH excluding ortho intramolecular Hbond substituents is 1. The first kappa shape index (κ1) is 38.7. The van der Waals surface area contributed by atoms with Crippen LogP contribution in [0.3, 0.4) is 0 Å². The number of hydrogen-bond acceptors (Lipinski definition) is 9. The van der Waals surface area contributed by atoms with Gasteiger partial charge in [-0.2, -0.15) is 0 Å². The van der Waals surface area contributed by atoms with Crippen molar-refractivity contribution in [3.8, 4) is 16.2 Å². The van der Waals surface area contributed by atoms with Crippen LogP contribution >= 0.6 is 11.3 Å². The number of nitrogens with one attached hydrogen (secondary N) is 3. The number of H-pyrrole nitrogens is 1. The number of amides is 1. The zero-order valence-corrected chi connectivity index (χ0v) is 32.1. The van der Waals surface area contributed by atoms with Gasteiger partial charge in [0.1, 0.15) is 11.7 Å². The lowest BCUT2D eigenvalue weighted by atomic mass is 9.90. The predicted molar refractivity (Wildman–Crippen MR) is 220 cm³/mol. The average Bonchev–Trinajstić information content (AvgIpc) is 3.70. The third-order valence-electron chi connectivity index (χ3n) is 10.4. The number of likely N-dealkylation sites (tertiary alicyclic amines) is 1. The van der Waals surface area contributed by atoms with Crippen molar-refractivity contribution in [3.63, 3.8) is 0 Å². The summed E-state index contributed by atoms with van der Waals surface area (Å²) in [5.41, 5.74) is 4.81. The summed E-state index contributed by atoms with van der Waals surface area (Å²) in [5.74, 6) is -0.620. The van der Waals surface area contributed by atoms with E-state index in [0.29, 0.717) is 47.6 Å². The summed E-state index contributed by atoms with van der Waals surface area (Å²) in [6.07, 6.45) is 1.19. The second-order valence-corrected chi connectivity index (χ2v) is 15.6. The molecule has 1 amide bonds. The Labute approximate surface area is 329 Å². The van der Waals surface area contributed by atoms with Crippen LogP contribution in [0.25, 0.3) is 21.3 Å². The van der Waals surface area contributed by atoms with E-state index in [-0.39, 0.29) is 29.7 Å². The zero-order valence-electron chi connectivity index (χ0n) is 31.2. The fraction of sp³-hybridized carbons (Fsp3) is 0.267. The average molecular weight is 771 g/mol. The van der Waals surface area contributed by atoms with Gasteiger partial charge in [-0.1, -0.05) is 66.7 Å². The number of esters is 1. The van der Waals surface area contributed by atoms with Gasteiger partial charge in [0, 0.05) is 39.9 Å². The summed E-state index contributed by atoms with van der Waals surface area (Å²) < 4.78 is 5.97. The van der Waals surface area contributed by atoms with E-state index in [1.165, 1.54) is 12.1 Å². The highest BCUT2D eigenvalue weighted by Gasteiger charge is 2.27. The molecule has 56 heavy (non-hydrogen) atoms. The summed E-state index contributed by atoms with van der Waals surface area (Å²) in [5, 5.41) is 27.8. The van der Waals surface area contributed by atoms with Gasteiger partial charge in [0.15, 0.2) is 0 Å². The van der Waals surface area contributed by atoms with Gasteiger partial charge in [0.25, 0.3) is 5.91 Å². The van der Waals surface area contributed by atoms with E-state index < -0.39 is 12.0 Å². The lowest BCUT2D eigenvalue weighted by Gasteiger charge is -2.29. The molecular weight excluding hydrogens is 725 g/mol. The predicted octanol–water partition coefficient (Wildman–Crippen LogP) is 6.73. The van der Waals surface area contributed by atoms with Crippen molar-refractivity contribution < 1.29 is 24.5 Å². The number of fused-ring (bicyclic) bond motifs is 1. The maximum atomic E-state index is 13.7. The molecule has 4 aromatic carbocycles. The highest BCUT2D eigenvalue weighted by molar-refractivity contribution is 7.15. The molecule has 7 rings (SSSR count). The molecule has 1 aliphatic heterocycles. The maximum Gasteiger partial charge on any atom is 0.317 e. The molecule has 0 spiro atoms. The largest absolute Gasteiger partial charge is 0.506 e. The molecule has 1 saturated heterocycles. The summed E-state index contributed by atoms with van der Waals surface area (Å²) in [4.78, 5) is 45.4. The number of carbonyl (C=O) groups excluding carboxylic acids is 2. The van der Waals surface area contributed by atoms with Crippen LogP contribution in [-0.4, -0.2) is 65.3 Å². The van der Waals surface area contributed by atoms with Crippen molar-refractivity contribution in [2.24, 2.45) is 5.92 Å². The van der Waals surface area contributed by atoms with E-state index in [2.05, 4.69) is 33.6 Å². The molecule has 1 aliphatic rings. The molecule has 3 heterocycles. The topological polar surface area (TPSA) is 144 Å².